The van der Waals surface area contributed by atoms with Gasteiger partial charge in [0.25, 0.3) is 0 Å². The Morgan fingerprint density at radius 1 is 1.09 bits per heavy atom. The maximum atomic E-state index is 5.52. The van der Waals surface area contributed by atoms with E-state index in [0.29, 0.717) is 6.61 Å². The van der Waals surface area contributed by atoms with Crippen molar-refractivity contribution in [2.24, 2.45) is 5.16 Å². The average Bonchev–Trinajstić information content (AvgIpc) is 2.71. The maximum absolute atomic E-state index is 5.52. The van der Waals surface area contributed by atoms with E-state index in [4.69, 9.17) is 9.57 Å². The van der Waals surface area contributed by atoms with Crippen LogP contribution in [-0.4, -0.2) is 19.4 Å². The molecule has 0 amide bonds. The Morgan fingerprint density at radius 3 is 2.45 bits per heavy atom. The fraction of sp³-hybridized carbons (Fsp3) is 0.316. The molecule has 0 unspecified atom stereocenters. The van der Waals surface area contributed by atoms with Gasteiger partial charge in [-0.05, 0) is 38.8 Å². The van der Waals surface area contributed by atoms with E-state index in [0.717, 1.165) is 29.0 Å². The summed E-state index contributed by atoms with van der Waals surface area (Å²) >= 11 is 0. The van der Waals surface area contributed by atoms with Gasteiger partial charge in [-0.1, -0.05) is 52.7 Å². The van der Waals surface area contributed by atoms with Gasteiger partial charge < -0.3 is 9.57 Å². The number of hydrogen-bond donors (Lipinski definition) is 0. The van der Waals surface area contributed by atoms with E-state index in [1.54, 1.807) is 7.11 Å². The number of ether oxygens (including phenoxy) is 1. The quantitative estimate of drug-likeness (QED) is 0.593. The summed E-state index contributed by atoms with van der Waals surface area (Å²) in [5.41, 5.74) is 5.42. The van der Waals surface area contributed by atoms with Gasteiger partial charge in [0.2, 0.25) is 0 Å². The Labute approximate surface area is 132 Å². The first-order valence-electron chi connectivity index (χ1n) is 7.45. The van der Waals surface area contributed by atoms with Crippen LogP contribution in [0.3, 0.4) is 0 Å². The summed E-state index contributed by atoms with van der Waals surface area (Å²) in [5, 5.41) is 4.24. The van der Waals surface area contributed by atoms with Crippen LogP contribution < -0.4 is 0 Å². The number of oxime groups is 1. The predicted molar refractivity (Wildman–Crippen MR) is 91.0 cm³/mol. The molecule has 0 aliphatic heterocycles. The van der Waals surface area contributed by atoms with E-state index < -0.39 is 0 Å². The molecular weight excluding hydrogens is 274 g/mol. The Morgan fingerprint density at radius 2 is 1.77 bits per heavy atom. The number of allylic oxidation sites excluding steroid dienone is 3. The summed E-state index contributed by atoms with van der Waals surface area (Å²) in [6.45, 7) is 6.53. The summed E-state index contributed by atoms with van der Waals surface area (Å²) in [5.74, 6) is 0.827. The van der Waals surface area contributed by atoms with E-state index in [1.165, 1.54) is 11.1 Å². The van der Waals surface area contributed by atoms with E-state index in [-0.39, 0.29) is 0 Å². The summed E-state index contributed by atoms with van der Waals surface area (Å²) in [6, 6.07) is 6.38. The first-order chi connectivity index (χ1) is 10.6. The van der Waals surface area contributed by atoms with Crippen molar-refractivity contribution in [2.45, 2.75) is 27.2 Å². The van der Waals surface area contributed by atoms with Gasteiger partial charge in [0, 0.05) is 5.57 Å². The van der Waals surface area contributed by atoms with Crippen molar-refractivity contribution in [3.63, 3.8) is 0 Å². The molecule has 3 nitrogen and oxygen atoms in total. The SMILES string of the molecule is COC1=C(CO/N=C(\C)c2cc(C)cc(C)c2)C=CCC=C1. The second kappa shape index (κ2) is 7.64. The lowest BCUT2D eigenvalue weighted by Crippen LogP contribution is -2.01. The Kier molecular flexibility index (Phi) is 5.59. The first kappa shape index (κ1) is 16.1. The largest absolute Gasteiger partial charge is 0.496 e. The zero-order valence-electron chi connectivity index (χ0n) is 13.7. The predicted octanol–water partition coefficient (Wildman–Crippen LogP) is 4.46. The molecule has 2 rings (SSSR count). The van der Waals surface area contributed by atoms with Gasteiger partial charge in [-0.2, -0.15) is 0 Å². The zero-order valence-corrected chi connectivity index (χ0v) is 13.7. The molecule has 0 spiro atoms. The van der Waals surface area contributed by atoms with Crippen molar-refractivity contribution in [2.75, 3.05) is 13.7 Å². The lowest BCUT2D eigenvalue weighted by Gasteiger charge is -2.08. The third-order valence-electron chi connectivity index (χ3n) is 3.46. The van der Waals surface area contributed by atoms with Crippen molar-refractivity contribution in [1.82, 2.24) is 0 Å². The second-order valence-corrected chi connectivity index (χ2v) is 5.46. The molecule has 1 aliphatic carbocycles. The molecule has 0 radical (unpaired) electrons. The van der Waals surface area contributed by atoms with E-state index in [2.05, 4.69) is 49.4 Å². The van der Waals surface area contributed by atoms with Gasteiger partial charge in [-0.25, -0.2) is 0 Å². The Hall–Kier alpha value is -2.29. The number of hydrogen-bond acceptors (Lipinski definition) is 3. The van der Waals surface area contributed by atoms with Gasteiger partial charge in [0.15, 0.2) is 0 Å². The van der Waals surface area contributed by atoms with Crippen molar-refractivity contribution >= 4 is 5.71 Å². The van der Waals surface area contributed by atoms with Crippen LogP contribution in [0.2, 0.25) is 0 Å². The average molecular weight is 297 g/mol. The van der Waals surface area contributed by atoms with Crippen molar-refractivity contribution < 1.29 is 9.57 Å². The van der Waals surface area contributed by atoms with Gasteiger partial charge in [-0.15, -0.1) is 0 Å². The molecule has 22 heavy (non-hydrogen) atoms. The number of aryl methyl sites for hydroxylation is 2. The third kappa shape index (κ3) is 4.35. The van der Waals surface area contributed by atoms with Crippen LogP contribution in [0.5, 0.6) is 0 Å². The minimum atomic E-state index is 0.395. The molecule has 1 aromatic carbocycles. The molecule has 0 heterocycles. The number of benzene rings is 1. The van der Waals surface area contributed by atoms with Crippen LogP contribution in [0.15, 0.2) is 59.0 Å². The number of methoxy groups -OCH3 is 1. The molecule has 116 valence electrons. The van der Waals surface area contributed by atoms with E-state index in [9.17, 15) is 0 Å². The van der Waals surface area contributed by atoms with Crippen molar-refractivity contribution in [3.05, 3.63) is 70.5 Å². The third-order valence-corrected chi connectivity index (χ3v) is 3.46. The molecule has 1 aromatic rings. The highest BCUT2D eigenvalue weighted by atomic mass is 16.6. The molecule has 0 saturated carbocycles. The fourth-order valence-electron chi connectivity index (χ4n) is 2.41. The van der Waals surface area contributed by atoms with Gasteiger partial charge in [0.05, 0.1) is 12.8 Å². The van der Waals surface area contributed by atoms with Crippen molar-refractivity contribution in [1.29, 1.82) is 0 Å². The standard InChI is InChI=1S/C19H23NO2/c1-14-10-15(2)12-18(11-14)16(3)20-22-13-17-8-6-5-7-9-19(17)21-4/h6-12H,5,13H2,1-4H3/b20-16+. The minimum Gasteiger partial charge on any atom is -0.496 e. The van der Waals surface area contributed by atoms with Crippen LogP contribution in [-0.2, 0) is 9.57 Å². The molecular formula is C19H23NO2. The molecule has 0 fully saturated rings. The second-order valence-electron chi connectivity index (χ2n) is 5.46. The minimum absolute atomic E-state index is 0.395. The molecule has 0 atom stereocenters. The fourth-order valence-corrected chi connectivity index (χ4v) is 2.41. The Balaban J connectivity index is 2.08. The molecule has 0 bridgehead atoms. The topological polar surface area (TPSA) is 30.8 Å². The number of rotatable bonds is 5. The van der Waals surface area contributed by atoms with Crippen LogP contribution >= 0.6 is 0 Å². The van der Waals surface area contributed by atoms with E-state index >= 15 is 0 Å². The van der Waals surface area contributed by atoms with Crippen LogP contribution in [0.4, 0.5) is 0 Å². The van der Waals surface area contributed by atoms with Crippen molar-refractivity contribution in [3.8, 4) is 0 Å². The first-order valence-corrected chi connectivity index (χ1v) is 7.45. The molecule has 0 aromatic heterocycles. The molecule has 0 N–H and O–H groups in total. The monoisotopic (exact) mass is 297 g/mol. The van der Waals surface area contributed by atoms with Gasteiger partial charge in [0.1, 0.15) is 12.4 Å². The smallest absolute Gasteiger partial charge is 0.145 e. The molecule has 0 saturated heterocycles. The van der Waals surface area contributed by atoms with Crippen LogP contribution in [0.1, 0.15) is 30.0 Å². The zero-order chi connectivity index (χ0) is 15.9. The molecule has 3 heteroatoms. The van der Waals surface area contributed by atoms with Crippen LogP contribution in [0, 0.1) is 13.8 Å². The lowest BCUT2D eigenvalue weighted by molar-refractivity contribution is 0.165. The van der Waals surface area contributed by atoms with Crippen LogP contribution in [0.25, 0.3) is 0 Å². The number of nitrogens with zero attached hydrogens (tertiary/aromatic N) is 1. The van der Waals surface area contributed by atoms with E-state index in [1.807, 2.05) is 19.1 Å². The highest BCUT2D eigenvalue weighted by Gasteiger charge is 2.05. The summed E-state index contributed by atoms with van der Waals surface area (Å²) in [4.78, 5) is 5.52. The summed E-state index contributed by atoms with van der Waals surface area (Å²) < 4.78 is 5.37. The normalized spacial score (nSPS) is 15.0. The lowest BCUT2D eigenvalue weighted by atomic mass is 10.0. The highest BCUT2D eigenvalue weighted by Crippen LogP contribution is 2.15. The van der Waals surface area contributed by atoms with Gasteiger partial charge in [-0.3, -0.25) is 0 Å². The summed E-state index contributed by atoms with van der Waals surface area (Å²) in [6.07, 6.45) is 9.05. The highest BCUT2D eigenvalue weighted by molar-refractivity contribution is 5.98. The van der Waals surface area contributed by atoms with Gasteiger partial charge >= 0.3 is 0 Å². The maximum Gasteiger partial charge on any atom is 0.145 e. The molecule has 1 aliphatic rings. The summed E-state index contributed by atoms with van der Waals surface area (Å²) in [7, 11) is 1.67. The Bertz CT molecular complexity index is 631.